The highest BCUT2D eigenvalue weighted by Crippen LogP contribution is 2.25. The Hall–Kier alpha value is -0.120. The highest BCUT2D eigenvalue weighted by Gasteiger charge is 2.26. The van der Waals surface area contributed by atoms with Crippen molar-refractivity contribution in [2.45, 2.75) is 32.7 Å². The van der Waals surface area contributed by atoms with Crippen LogP contribution in [-0.4, -0.2) is 47.5 Å². The fraction of sp³-hybridized carbons (Fsp3) is 1.00. The van der Waals surface area contributed by atoms with Crippen LogP contribution in [0.4, 0.5) is 0 Å². The summed E-state index contributed by atoms with van der Waals surface area (Å²) >= 11 is 0. The molecular weight excluding hydrogens is 178 g/mol. The Bertz CT molecular complexity index is 149. The first-order valence-corrected chi connectivity index (χ1v) is 5.64. The molecule has 1 fully saturated rings. The van der Waals surface area contributed by atoms with Gasteiger partial charge in [-0.1, -0.05) is 0 Å². The van der Waals surface area contributed by atoms with Crippen LogP contribution >= 0.6 is 0 Å². The van der Waals surface area contributed by atoms with Crippen molar-refractivity contribution in [1.29, 1.82) is 0 Å². The fourth-order valence-electron chi connectivity index (χ4n) is 2.26. The van der Waals surface area contributed by atoms with Gasteiger partial charge in [-0.15, -0.1) is 0 Å². The van der Waals surface area contributed by atoms with E-state index in [0.717, 1.165) is 25.9 Å². The molecule has 1 rings (SSSR count). The summed E-state index contributed by atoms with van der Waals surface area (Å²) in [5.41, 5.74) is 0. The normalized spacial score (nSPS) is 21.0. The summed E-state index contributed by atoms with van der Waals surface area (Å²) < 4.78 is 0. The summed E-state index contributed by atoms with van der Waals surface area (Å²) in [4.78, 5) is 2.46. The van der Waals surface area contributed by atoms with Crippen LogP contribution in [0.2, 0.25) is 0 Å². The lowest BCUT2D eigenvalue weighted by Gasteiger charge is -2.37. The third-order valence-corrected chi connectivity index (χ3v) is 3.44. The lowest BCUT2D eigenvalue weighted by atomic mass is 9.85. The van der Waals surface area contributed by atoms with Gasteiger partial charge in [-0.25, -0.2) is 0 Å². The van der Waals surface area contributed by atoms with Crippen molar-refractivity contribution >= 4 is 0 Å². The van der Waals surface area contributed by atoms with E-state index in [2.05, 4.69) is 18.7 Å². The predicted octanol–water partition coefficient (Wildman–Crippen LogP) is 0.708. The molecule has 0 unspecified atom stereocenters. The quantitative estimate of drug-likeness (QED) is 0.704. The monoisotopic (exact) mass is 201 g/mol. The molecule has 1 aliphatic heterocycles. The molecule has 2 N–H and O–H groups in total. The molecule has 3 nitrogen and oxygen atoms in total. The van der Waals surface area contributed by atoms with Crippen LogP contribution in [0, 0.1) is 11.8 Å². The number of piperidine rings is 1. The third-order valence-electron chi connectivity index (χ3n) is 3.44. The van der Waals surface area contributed by atoms with E-state index in [1.807, 2.05) is 0 Å². The zero-order valence-corrected chi connectivity index (χ0v) is 9.32. The van der Waals surface area contributed by atoms with E-state index >= 15 is 0 Å². The largest absolute Gasteiger partial charge is 0.396 e. The van der Waals surface area contributed by atoms with Gasteiger partial charge in [0.2, 0.25) is 0 Å². The zero-order chi connectivity index (χ0) is 10.6. The van der Waals surface area contributed by atoms with Gasteiger partial charge >= 0.3 is 0 Å². The van der Waals surface area contributed by atoms with Gasteiger partial charge < -0.3 is 15.1 Å². The highest BCUT2D eigenvalue weighted by molar-refractivity contribution is 4.78. The maximum absolute atomic E-state index is 9.08. The standard InChI is InChI=1S/C11H23NO2/c1-9(2)12-5-3-10(4-6-12)11(7-13)8-14/h9-11,13-14H,3-8H2,1-2H3. The number of aliphatic hydroxyl groups is 2. The molecule has 0 aromatic heterocycles. The fourth-order valence-corrected chi connectivity index (χ4v) is 2.26. The molecule has 0 aromatic rings. The Morgan fingerprint density at radius 2 is 1.64 bits per heavy atom. The number of aliphatic hydroxyl groups excluding tert-OH is 2. The van der Waals surface area contributed by atoms with E-state index in [1.165, 1.54) is 0 Å². The van der Waals surface area contributed by atoms with Crippen LogP contribution in [0.1, 0.15) is 26.7 Å². The summed E-state index contributed by atoms with van der Waals surface area (Å²) in [6, 6.07) is 0.623. The molecule has 14 heavy (non-hydrogen) atoms. The molecule has 1 heterocycles. The van der Waals surface area contributed by atoms with Crippen molar-refractivity contribution in [3.8, 4) is 0 Å². The van der Waals surface area contributed by atoms with Crippen molar-refractivity contribution in [2.75, 3.05) is 26.3 Å². The summed E-state index contributed by atoms with van der Waals surface area (Å²) in [5, 5.41) is 18.2. The first-order valence-electron chi connectivity index (χ1n) is 5.64. The van der Waals surface area contributed by atoms with Crippen molar-refractivity contribution in [2.24, 2.45) is 11.8 Å². The van der Waals surface area contributed by atoms with Crippen LogP contribution in [0.3, 0.4) is 0 Å². The number of nitrogens with zero attached hydrogens (tertiary/aromatic N) is 1. The third kappa shape index (κ3) is 2.94. The van der Waals surface area contributed by atoms with Gasteiger partial charge in [0, 0.05) is 25.2 Å². The maximum Gasteiger partial charge on any atom is 0.0483 e. The van der Waals surface area contributed by atoms with Crippen molar-refractivity contribution < 1.29 is 10.2 Å². The molecular formula is C11H23NO2. The summed E-state index contributed by atoms with van der Waals surface area (Å²) in [7, 11) is 0. The van der Waals surface area contributed by atoms with Gasteiger partial charge in [0.15, 0.2) is 0 Å². The number of rotatable bonds is 4. The summed E-state index contributed by atoms with van der Waals surface area (Å²) in [6.07, 6.45) is 2.23. The second-order valence-electron chi connectivity index (χ2n) is 4.59. The molecule has 0 aromatic carbocycles. The van der Waals surface area contributed by atoms with Gasteiger partial charge in [0.05, 0.1) is 0 Å². The van der Waals surface area contributed by atoms with Crippen LogP contribution in [-0.2, 0) is 0 Å². The minimum absolute atomic E-state index is 0.101. The van der Waals surface area contributed by atoms with Gasteiger partial charge in [-0.3, -0.25) is 0 Å². The van der Waals surface area contributed by atoms with E-state index in [-0.39, 0.29) is 19.1 Å². The van der Waals surface area contributed by atoms with E-state index in [0.29, 0.717) is 12.0 Å². The SMILES string of the molecule is CC(C)N1CCC(C(CO)CO)CC1. The Morgan fingerprint density at radius 1 is 1.14 bits per heavy atom. The van der Waals surface area contributed by atoms with Crippen molar-refractivity contribution in [1.82, 2.24) is 4.90 Å². The molecule has 1 saturated heterocycles. The van der Waals surface area contributed by atoms with E-state index in [4.69, 9.17) is 10.2 Å². The van der Waals surface area contributed by atoms with E-state index < -0.39 is 0 Å². The second kappa shape index (κ2) is 5.69. The molecule has 0 aliphatic carbocycles. The summed E-state index contributed by atoms with van der Waals surface area (Å²) in [6.45, 7) is 6.91. The average molecular weight is 201 g/mol. The lowest BCUT2D eigenvalue weighted by molar-refractivity contribution is 0.0584. The minimum atomic E-state index is 0.101. The van der Waals surface area contributed by atoms with Crippen LogP contribution < -0.4 is 0 Å². The average Bonchev–Trinajstić information content (AvgIpc) is 2.20. The van der Waals surface area contributed by atoms with Gasteiger partial charge in [0.1, 0.15) is 0 Å². The highest BCUT2D eigenvalue weighted by atomic mass is 16.3. The van der Waals surface area contributed by atoms with Gasteiger partial charge in [-0.2, -0.15) is 0 Å². The molecule has 0 saturated carbocycles. The summed E-state index contributed by atoms with van der Waals surface area (Å²) in [5.74, 6) is 0.615. The smallest absolute Gasteiger partial charge is 0.0483 e. The topological polar surface area (TPSA) is 43.7 Å². The molecule has 84 valence electrons. The molecule has 3 heteroatoms. The zero-order valence-electron chi connectivity index (χ0n) is 9.32. The molecule has 0 radical (unpaired) electrons. The van der Waals surface area contributed by atoms with Gasteiger partial charge in [-0.05, 0) is 45.7 Å². The van der Waals surface area contributed by atoms with Crippen molar-refractivity contribution in [3.63, 3.8) is 0 Å². The Balaban J connectivity index is 2.34. The number of hydrogen-bond donors (Lipinski definition) is 2. The Kier molecular flexibility index (Phi) is 4.85. The first-order chi connectivity index (χ1) is 6.69. The van der Waals surface area contributed by atoms with Crippen LogP contribution in [0.5, 0.6) is 0 Å². The van der Waals surface area contributed by atoms with Crippen LogP contribution in [0.15, 0.2) is 0 Å². The van der Waals surface area contributed by atoms with E-state index in [1.54, 1.807) is 0 Å². The number of hydrogen-bond acceptors (Lipinski definition) is 3. The Labute approximate surface area is 86.7 Å². The molecule has 0 amide bonds. The maximum atomic E-state index is 9.08. The van der Waals surface area contributed by atoms with Crippen molar-refractivity contribution in [3.05, 3.63) is 0 Å². The predicted molar refractivity (Wildman–Crippen MR) is 57.1 cm³/mol. The van der Waals surface area contributed by atoms with Gasteiger partial charge in [0.25, 0.3) is 0 Å². The Morgan fingerprint density at radius 3 is 2.00 bits per heavy atom. The molecule has 0 atom stereocenters. The first kappa shape index (κ1) is 12.0. The minimum Gasteiger partial charge on any atom is -0.396 e. The molecule has 0 spiro atoms. The molecule has 0 bridgehead atoms. The number of likely N-dealkylation sites (tertiary alicyclic amines) is 1. The van der Waals surface area contributed by atoms with E-state index in [9.17, 15) is 0 Å². The lowest BCUT2D eigenvalue weighted by Crippen LogP contribution is -2.41. The van der Waals surface area contributed by atoms with Crippen LogP contribution in [0.25, 0.3) is 0 Å². The second-order valence-corrected chi connectivity index (χ2v) is 4.59. The molecule has 1 aliphatic rings.